The molecule has 0 amide bonds. The van der Waals surface area contributed by atoms with Crippen molar-refractivity contribution in [2.75, 3.05) is 80.2 Å². The van der Waals surface area contributed by atoms with Crippen LogP contribution in [0.2, 0.25) is 157 Å². The van der Waals surface area contributed by atoms with E-state index < -0.39 is 159 Å². The lowest BCUT2D eigenvalue weighted by atomic mass is 9.91. The maximum atomic E-state index is 12.4. The third kappa shape index (κ3) is 63.9. The van der Waals surface area contributed by atoms with Gasteiger partial charge in [-0.2, -0.15) is 13.2 Å². The highest BCUT2D eigenvalue weighted by Crippen LogP contribution is 2.34. The molecule has 0 aliphatic rings. The van der Waals surface area contributed by atoms with Crippen LogP contribution in [-0.2, 0) is 104 Å². The molecule has 0 aromatic carbocycles. The molecular weight excluding hydrogens is 1690 g/mol. The zero-order valence-corrected chi connectivity index (χ0v) is 91.0. The van der Waals surface area contributed by atoms with Crippen molar-refractivity contribution in [3.63, 3.8) is 0 Å². The fourth-order valence-electron chi connectivity index (χ4n) is 10.6. The number of carbonyl (C=O) groups is 4. The van der Waals surface area contributed by atoms with E-state index in [1.807, 2.05) is 52.6 Å². The number of ether oxygens (including phenoxy) is 5. The van der Waals surface area contributed by atoms with E-state index in [2.05, 4.69) is 193 Å². The SMILES string of the molecule is CCC(C)(C)C(=O)O.CCC(C)(C)C(=O)OCCCS(=O)(=O)[N-]S(=O)(=O)C(F)(F)F.CCC(C)(C)C(=O)OCCC[Si](C)(C)O[Si](C)(C)O[Si](C)(C)O[Si](C)(C)O[Si](C)(C)O[Si](C)(C)O[Si](C)(C)O[Si](C)(C)O[Si](C)(C)O[Si](C)(C)O[Si](C)(C)C.CCCCCC(CC)COCCOCCOC(=O)C(C)(C)CC.C[N+](C)(C)C. The second kappa shape index (κ2) is 50.2. The lowest BCUT2D eigenvalue weighted by molar-refractivity contribution is -0.849. The average Bonchev–Trinajstić information content (AvgIpc) is 0.803. The lowest BCUT2D eigenvalue weighted by Crippen LogP contribution is -2.62. The minimum Gasteiger partial charge on any atom is -0.481 e. The predicted molar refractivity (Wildman–Crippen MR) is 475 cm³/mol. The van der Waals surface area contributed by atoms with Gasteiger partial charge in [-0.05, 0) is 263 Å². The van der Waals surface area contributed by atoms with Crippen molar-refractivity contribution in [3.8, 4) is 0 Å². The number of carboxylic acids is 1. The van der Waals surface area contributed by atoms with E-state index in [0.29, 0.717) is 51.8 Å². The van der Waals surface area contributed by atoms with Gasteiger partial charge in [0.15, 0.2) is 26.7 Å². The van der Waals surface area contributed by atoms with Crippen molar-refractivity contribution >= 4 is 138 Å². The summed E-state index contributed by atoms with van der Waals surface area (Å²) in [6.07, 6.45) is 9.39. The van der Waals surface area contributed by atoms with Gasteiger partial charge < -0.3 is 78.6 Å². The molecule has 1 unspecified atom stereocenters. The molecule has 0 radical (unpaired) electrons. The molecule has 0 aliphatic heterocycles. The van der Waals surface area contributed by atoms with Gasteiger partial charge in [-0.3, -0.25) is 19.2 Å². The molecule has 113 heavy (non-hydrogen) atoms. The third-order valence-corrected chi connectivity index (χ3v) is 60.9. The number of halogens is 3. The molecule has 0 spiro atoms. The topological polar surface area (TPSA) is 309 Å². The Morgan fingerprint density at radius 2 is 0.681 bits per heavy atom. The van der Waals surface area contributed by atoms with E-state index in [9.17, 15) is 49.2 Å². The van der Waals surface area contributed by atoms with Crippen LogP contribution in [0.5, 0.6) is 0 Å². The Morgan fingerprint density at radius 3 is 0.956 bits per heavy atom. The standard InChI is InChI=1S/C32H86O12Si11.C19H38O4.C10H17F3NO6S2.C6H12O2.C4H12N/c1-27-32(2,3)31(33)34-29-28-30-46(7,8)36-48(11,12)38-50(15,16)40-52(19,20)42-54(23,24)44-55(25,26)43-53(21,22)41-51(17,18)39-49(13,14)37-47(9,10)35-45(4,5)6;1-6-9-10-11-17(7-2)16-22-13-12-21-14-15-23-18(20)19(4,5)8-3;1-4-9(2,3)8(15)20-6-5-7-21(16,17)14-22(18,19)10(11,12)13;1-4-6(2,3)5(7)8;1-5(2,3)4/h27-30H2,1-26H3;17H,6-16H2,1-5H3;4-7H2,1-3H3;4H2,1-3H3,(H,7,8);1-4H3/q;;-1;;+1. The summed E-state index contributed by atoms with van der Waals surface area (Å²) < 4.78 is 177. The minimum atomic E-state index is -6.11. The molecule has 0 aromatic rings. The summed E-state index contributed by atoms with van der Waals surface area (Å²) in [6.45, 7) is 77.4. The van der Waals surface area contributed by atoms with E-state index in [0.717, 1.165) is 36.4 Å². The van der Waals surface area contributed by atoms with Crippen molar-refractivity contribution in [2.45, 2.75) is 330 Å². The number of sulfonamides is 2. The van der Waals surface area contributed by atoms with Crippen LogP contribution in [0.15, 0.2) is 0 Å². The van der Waals surface area contributed by atoms with Crippen LogP contribution in [0.1, 0.15) is 168 Å². The summed E-state index contributed by atoms with van der Waals surface area (Å²) in [5.41, 5.74) is -7.96. The highest BCUT2D eigenvalue weighted by Gasteiger charge is 2.52. The van der Waals surface area contributed by atoms with E-state index in [-0.39, 0.29) is 25.0 Å². The molecule has 0 bridgehead atoms. The van der Waals surface area contributed by atoms with Gasteiger partial charge >= 0.3 is 106 Å². The number of carbonyl (C=O) groups excluding carboxylic acids is 3. The van der Waals surface area contributed by atoms with Crippen LogP contribution < -0.4 is 0 Å². The van der Waals surface area contributed by atoms with Crippen LogP contribution in [0.25, 0.3) is 4.13 Å². The number of nitrogens with zero attached hydrogens (tertiary/aromatic N) is 2. The number of carboxylic acid groups (broad SMARTS) is 1. The fraction of sp³-hybridized carbons (Fsp3) is 0.944. The molecule has 0 aromatic heterocycles. The molecule has 0 saturated heterocycles. The Bertz CT molecular complexity index is 2990. The monoisotopic (exact) mass is 1860 g/mol. The predicted octanol–water partition coefficient (Wildman–Crippen LogP) is 19.2. The van der Waals surface area contributed by atoms with Crippen LogP contribution in [0.3, 0.4) is 0 Å². The third-order valence-electron chi connectivity index (χ3n) is 16.2. The Hall–Kier alpha value is -0.604. The van der Waals surface area contributed by atoms with Crippen LogP contribution in [0.4, 0.5) is 13.2 Å². The zero-order valence-electron chi connectivity index (χ0n) is 78.4. The molecular formula is C71H165F3N2O24S2Si11. The van der Waals surface area contributed by atoms with Gasteiger partial charge in [0.1, 0.15) is 6.61 Å². The Balaban J connectivity index is -0.000000544. The van der Waals surface area contributed by atoms with Crippen molar-refractivity contribution in [1.29, 1.82) is 0 Å². The first-order valence-corrected chi connectivity index (χ1v) is 74.8. The molecule has 0 aliphatic carbocycles. The zero-order chi connectivity index (χ0) is 90.8. The number of esters is 3. The lowest BCUT2D eigenvalue weighted by Gasteiger charge is -2.45. The van der Waals surface area contributed by atoms with Crippen molar-refractivity contribution in [2.24, 2.45) is 27.6 Å². The van der Waals surface area contributed by atoms with Gasteiger partial charge in [0.25, 0.3) is 0 Å². The molecule has 0 heterocycles. The molecule has 0 saturated carbocycles. The first-order valence-electron chi connectivity index (χ1n) is 39.9. The molecule has 0 rings (SSSR count). The number of hydrogen-bond acceptors (Lipinski definition) is 23. The van der Waals surface area contributed by atoms with Gasteiger partial charge in [0.2, 0.25) is 0 Å². The van der Waals surface area contributed by atoms with Crippen molar-refractivity contribution < 1.29 is 124 Å². The molecule has 680 valence electrons. The number of alkyl halides is 3. The first kappa shape index (κ1) is 121. The molecule has 42 heteroatoms. The average molecular weight is 1860 g/mol. The second-order valence-electron chi connectivity index (χ2n) is 38.0. The Labute approximate surface area is 698 Å². The summed E-state index contributed by atoms with van der Waals surface area (Å²) in [6, 6.07) is 0.872. The number of aliphatic carboxylic acids is 1. The first-order chi connectivity index (χ1) is 49.9. The van der Waals surface area contributed by atoms with E-state index in [1.165, 1.54) is 32.1 Å². The van der Waals surface area contributed by atoms with Crippen molar-refractivity contribution in [1.82, 2.24) is 0 Å². The highest BCUT2D eigenvalue weighted by atomic mass is 32.3. The Morgan fingerprint density at radius 1 is 0.398 bits per heavy atom. The van der Waals surface area contributed by atoms with Gasteiger partial charge in [0, 0.05) is 12.4 Å². The quantitative estimate of drug-likeness (QED) is 0.0194. The molecule has 26 nitrogen and oxygen atoms in total. The summed E-state index contributed by atoms with van der Waals surface area (Å²) in [5, 5.41) is 8.44. The molecule has 1 atom stereocenters. The summed E-state index contributed by atoms with van der Waals surface area (Å²) in [5.74, 6) is -1.93. The van der Waals surface area contributed by atoms with Crippen LogP contribution in [0, 0.1) is 27.6 Å². The number of unbranched alkanes of at least 4 members (excludes halogenated alkanes) is 2. The maximum absolute atomic E-state index is 12.4. The second-order valence-corrected chi connectivity index (χ2v) is 83.2. The highest BCUT2D eigenvalue weighted by molar-refractivity contribution is 8.12. The molecule has 1 N–H and O–H groups in total. The van der Waals surface area contributed by atoms with E-state index in [4.69, 9.17) is 69.9 Å². The van der Waals surface area contributed by atoms with Gasteiger partial charge in [-0.1, -0.05) is 67.2 Å². The number of rotatable bonds is 51. The minimum absolute atomic E-state index is 0.143. The number of hydrogen-bond donors (Lipinski definition) is 1. The number of quaternary nitrogens is 1. The largest absolute Gasteiger partial charge is 0.481 e. The van der Waals surface area contributed by atoms with Crippen molar-refractivity contribution in [3.05, 3.63) is 4.13 Å². The van der Waals surface area contributed by atoms with Crippen LogP contribution >= 0.6 is 0 Å². The van der Waals surface area contributed by atoms with E-state index in [1.54, 1.807) is 34.6 Å². The Kier molecular flexibility index (Phi) is 53.8. The maximum Gasteiger partial charge on any atom is 0.480 e. The van der Waals surface area contributed by atoms with E-state index >= 15 is 0 Å². The summed E-state index contributed by atoms with van der Waals surface area (Å²) in [4.78, 5) is 45.9. The smallest absolute Gasteiger partial charge is 0.480 e. The molecule has 0 fully saturated rings. The summed E-state index contributed by atoms with van der Waals surface area (Å²) >= 11 is 0. The van der Waals surface area contributed by atoms with Gasteiger partial charge in [0.05, 0.1) is 92.9 Å². The van der Waals surface area contributed by atoms with Gasteiger partial charge in [-0.25, -0.2) is 16.8 Å². The van der Waals surface area contributed by atoms with Gasteiger partial charge in [-0.15, -0.1) is 0 Å². The fourth-order valence-corrected chi connectivity index (χ4v) is 68.3. The summed E-state index contributed by atoms with van der Waals surface area (Å²) in [7, 11) is -30.1. The van der Waals surface area contributed by atoms with Crippen LogP contribution in [-0.4, -0.2) is 230 Å². The normalized spacial score (nSPS) is 14.2.